The molecule has 6 heteroatoms. The molecule has 1 aromatic heterocycles. The summed E-state index contributed by atoms with van der Waals surface area (Å²) >= 11 is 5.61. The lowest BCUT2D eigenvalue weighted by atomic mass is 10.1. The average Bonchev–Trinajstić information content (AvgIpc) is 2.37. The third-order valence-corrected chi connectivity index (χ3v) is 2.22. The van der Waals surface area contributed by atoms with Gasteiger partial charge in [-0.05, 0) is 29.3 Å². The second-order valence-corrected chi connectivity index (χ2v) is 3.61. The molecule has 5 nitrogen and oxygen atoms in total. The highest BCUT2D eigenvalue weighted by Gasteiger charge is 1.99. The maximum absolute atomic E-state index is 8.77. The summed E-state index contributed by atoms with van der Waals surface area (Å²) in [5.74, 6) is 0.548. The zero-order valence-corrected chi connectivity index (χ0v) is 9.52. The molecule has 0 unspecified atom stereocenters. The molecule has 17 heavy (non-hydrogen) atoms. The molecule has 0 aliphatic heterocycles. The van der Waals surface area contributed by atoms with Crippen molar-refractivity contribution in [2.24, 2.45) is 0 Å². The molecule has 2 rings (SSSR count). The first kappa shape index (κ1) is 11.3. The van der Waals surface area contributed by atoms with Gasteiger partial charge < -0.3 is 5.32 Å². The fraction of sp³-hybridized carbons (Fsp3) is 0.0909. The van der Waals surface area contributed by atoms with Crippen molar-refractivity contribution in [3.05, 3.63) is 46.9 Å². The molecule has 1 N–H and O–H groups in total. The Bertz CT molecular complexity index is 564. The zero-order chi connectivity index (χ0) is 12.1. The molecule has 0 amide bonds. The van der Waals surface area contributed by atoms with E-state index >= 15 is 0 Å². The number of nitrogens with zero attached hydrogens (tertiary/aromatic N) is 4. The van der Waals surface area contributed by atoms with Gasteiger partial charge in [-0.3, -0.25) is 0 Å². The van der Waals surface area contributed by atoms with Crippen LogP contribution in [0.1, 0.15) is 11.1 Å². The number of hydrogen-bond acceptors (Lipinski definition) is 5. The van der Waals surface area contributed by atoms with Gasteiger partial charge in [-0.15, -0.1) is 5.10 Å². The molecule has 0 atom stereocenters. The smallest absolute Gasteiger partial charge is 0.244 e. The Morgan fingerprint density at radius 1 is 1.41 bits per heavy atom. The fourth-order valence-electron chi connectivity index (χ4n) is 1.31. The molecule has 84 valence electrons. The molecule has 0 fully saturated rings. The van der Waals surface area contributed by atoms with Crippen molar-refractivity contribution >= 4 is 17.4 Å². The van der Waals surface area contributed by atoms with E-state index in [4.69, 9.17) is 16.9 Å². The van der Waals surface area contributed by atoms with Crippen LogP contribution in [0.3, 0.4) is 0 Å². The third kappa shape index (κ3) is 3.13. The van der Waals surface area contributed by atoms with E-state index in [1.54, 1.807) is 6.07 Å². The van der Waals surface area contributed by atoms with Crippen LogP contribution in [0, 0.1) is 11.3 Å². The summed E-state index contributed by atoms with van der Waals surface area (Å²) < 4.78 is 0. The van der Waals surface area contributed by atoms with Crippen LogP contribution in [0.2, 0.25) is 5.28 Å². The summed E-state index contributed by atoms with van der Waals surface area (Å²) in [6.45, 7) is 0.546. The first-order valence-electron chi connectivity index (χ1n) is 4.86. The van der Waals surface area contributed by atoms with Crippen molar-refractivity contribution in [3.8, 4) is 6.07 Å². The van der Waals surface area contributed by atoms with Crippen molar-refractivity contribution in [2.45, 2.75) is 6.54 Å². The van der Waals surface area contributed by atoms with Crippen LogP contribution in [-0.4, -0.2) is 15.2 Å². The minimum Gasteiger partial charge on any atom is -0.365 e. The molecule has 0 saturated carbocycles. The lowest BCUT2D eigenvalue weighted by Crippen LogP contribution is -2.03. The van der Waals surface area contributed by atoms with E-state index < -0.39 is 0 Å². The zero-order valence-electron chi connectivity index (χ0n) is 8.76. The van der Waals surface area contributed by atoms with Gasteiger partial charge in [0.15, 0.2) is 0 Å². The highest BCUT2D eigenvalue weighted by Crippen LogP contribution is 2.08. The Hall–Kier alpha value is -2.19. The Labute approximate surface area is 103 Å². The van der Waals surface area contributed by atoms with Gasteiger partial charge in [0.1, 0.15) is 5.82 Å². The van der Waals surface area contributed by atoms with E-state index in [-0.39, 0.29) is 5.28 Å². The molecule has 0 aliphatic carbocycles. The molecule has 0 radical (unpaired) electrons. The minimum absolute atomic E-state index is 0.0979. The summed E-state index contributed by atoms with van der Waals surface area (Å²) in [7, 11) is 0. The van der Waals surface area contributed by atoms with Crippen LogP contribution in [0.5, 0.6) is 0 Å². The first-order chi connectivity index (χ1) is 8.28. The van der Waals surface area contributed by atoms with E-state index in [0.717, 1.165) is 5.56 Å². The second-order valence-electron chi connectivity index (χ2n) is 3.28. The van der Waals surface area contributed by atoms with Gasteiger partial charge in [0.25, 0.3) is 0 Å². The van der Waals surface area contributed by atoms with Gasteiger partial charge in [-0.2, -0.15) is 15.3 Å². The maximum Gasteiger partial charge on any atom is 0.244 e. The van der Waals surface area contributed by atoms with Gasteiger partial charge in [0.05, 0.1) is 17.8 Å². The predicted molar refractivity (Wildman–Crippen MR) is 63.3 cm³/mol. The lowest BCUT2D eigenvalue weighted by molar-refractivity contribution is 0.958. The van der Waals surface area contributed by atoms with Gasteiger partial charge in [0.2, 0.25) is 5.28 Å². The highest BCUT2D eigenvalue weighted by atomic mass is 35.5. The molecule has 0 spiro atoms. The van der Waals surface area contributed by atoms with Gasteiger partial charge in [-0.25, -0.2) is 0 Å². The summed E-state index contributed by atoms with van der Waals surface area (Å²) in [4.78, 5) is 3.95. The number of aromatic nitrogens is 3. The molecular weight excluding hydrogens is 238 g/mol. The van der Waals surface area contributed by atoms with Crippen LogP contribution in [0.25, 0.3) is 0 Å². The maximum atomic E-state index is 8.77. The second kappa shape index (κ2) is 5.23. The lowest BCUT2D eigenvalue weighted by Gasteiger charge is -2.04. The Balaban J connectivity index is 2.05. The van der Waals surface area contributed by atoms with E-state index in [0.29, 0.717) is 17.9 Å². The molecule has 0 bridgehead atoms. The van der Waals surface area contributed by atoms with Crippen LogP contribution in [-0.2, 0) is 6.54 Å². The van der Waals surface area contributed by atoms with Crippen molar-refractivity contribution < 1.29 is 0 Å². The van der Waals surface area contributed by atoms with E-state index in [1.807, 2.05) is 18.2 Å². The number of nitrogens with one attached hydrogen (secondary N) is 1. The van der Waals surface area contributed by atoms with Crippen LogP contribution < -0.4 is 5.32 Å². The Kier molecular flexibility index (Phi) is 3.48. The van der Waals surface area contributed by atoms with Gasteiger partial charge in [-0.1, -0.05) is 12.1 Å². The normalized spacial score (nSPS) is 9.65. The molecule has 1 aromatic carbocycles. The van der Waals surface area contributed by atoms with Gasteiger partial charge >= 0.3 is 0 Å². The molecule has 0 saturated heterocycles. The number of anilines is 1. The molecular formula is C11H8ClN5. The number of nitriles is 1. The van der Waals surface area contributed by atoms with E-state index in [1.165, 1.54) is 6.20 Å². The average molecular weight is 246 g/mol. The van der Waals surface area contributed by atoms with Crippen molar-refractivity contribution in [3.63, 3.8) is 0 Å². The molecule has 1 heterocycles. The minimum atomic E-state index is 0.0979. The largest absolute Gasteiger partial charge is 0.365 e. The van der Waals surface area contributed by atoms with Crippen LogP contribution in [0.15, 0.2) is 30.5 Å². The molecule has 0 aliphatic rings. The van der Waals surface area contributed by atoms with E-state index in [2.05, 4.69) is 26.6 Å². The monoisotopic (exact) mass is 245 g/mol. The number of benzene rings is 1. The van der Waals surface area contributed by atoms with Crippen LogP contribution >= 0.6 is 11.6 Å². The van der Waals surface area contributed by atoms with Crippen LogP contribution in [0.4, 0.5) is 5.82 Å². The number of halogens is 1. The molecule has 2 aromatic rings. The summed E-state index contributed by atoms with van der Waals surface area (Å²) in [6, 6.07) is 9.41. The summed E-state index contributed by atoms with van der Waals surface area (Å²) in [6.07, 6.45) is 1.49. The predicted octanol–water partition coefficient (Wildman–Crippen LogP) is 2.01. The summed E-state index contributed by atoms with van der Waals surface area (Å²) in [5.41, 5.74) is 1.61. The van der Waals surface area contributed by atoms with Gasteiger partial charge in [0, 0.05) is 6.54 Å². The number of rotatable bonds is 3. The van der Waals surface area contributed by atoms with Crippen molar-refractivity contribution in [2.75, 3.05) is 5.32 Å². The quantitative estimate of drug-likeness (QED) is 0.895. The Morgan fingerprint density at radius 2 is 2.29 bits per heavy atom. The number of hydrogen-bond donors (Lipinski definition) is 1. The van der Waals surface area contributed by atoms with Crippen molar-refractivity contribution in [1.82, 2.24) is 15.2 Å². The van der Waals surface area contributed by atoms with Crippen molar-refractivity contribution in [1.29, 1.82) is 5.26 Å². The topological polar surface area (TPSA) is 74.5 Å². The third-order valence-electron chi connectivity index (χ3n) is 2.06. The standard InChI is InChI=1S/C11H8ClN5/c12-11-16-10(7-15-17-11)14-6-9-3-1-2-8(4-9)5-13/h1-4,7H,6H2,(H,14,16,17). The summed E-state index contributed by atoms with van der Waals surface area (Å²) in [5, 5.41) is 19.1. The van der Waals surface area contributed by atoms with E-state index in [9.17, 15) is 0 Å². The fourth-order valence-corrected chi connectivity index (χ4v) is 1.45. The first-order valence-corrected chi connectivity index (χ1v) is 5.24. The highest BCUT2D eigenvalue weighted by molar-refractivity contribution is 6.28. The SMILES string of the molecule is N#Cc1cccc(CNc2cnnc(Cl)n2)c1. The Morgan fingerprint density at radius 3 is 3.06 bits per heavy atom.